The zero-order valence-corrected chi connectivity index (χ0v) is 10.9. The molecule has 0 bridgehead atoms. The van der Waals surface area contributed by atoms with Crippen LogP contribution in [0.25, 0.3) is 0 Å². The second kappa shape index (κ2) is 6.29. The first kappa shape index (κ1) is 15.1. The number of halogens is 4. The average Bonchev–Trinajstić information content (AvgIpc) is 2.22. The molecular weight excluding hydrogens is 267 g/mol. The minimum Gasteiger partial charge on any atom is -0.383 e. The summed E-state index contributed by atoms with van der Waals surface area (Å²) in [5.74, 6) is 0. The number of rotatable bonds is 5. The highest BCUT2D eigenvalue weighted by Crippen LogP contribution is 2.33. The van der Waals surface area contributed by atoms with Gasteiger partial charge in [0.25, 0.3) is 0 Å². The van der Waals surface area contributed by atoms with Crippen molar-refractivity contribution in [1.82, 2.24) is 0 Å². The summed E-state index contributed by atoms with van der Waals surface area (Å²) in [6, 6.07) is 3.38. The lowest BCUT2D eigenvalue weighted by molar-refractivity contribution is -0.137. The van der Waals surface area contributed by atoms with Crippen molar-refractivity contribution in [2.45, 2.75) is 26.1 Å². The molecule has 1 rings (SSSR count). The van der Waals surface area contributed by atoms with Gasteiger partial charge in [-0.1, -0.05) is 11.6 Å². The van der Waals surface area contributed by atoms with Gasteiger partial charge >= 0.3 is 6.18 Å². The van der Waals surface area contributed by atoms with Crippen LogP contribution in [0.1, 0.15) is 19.4 Å². The molecule has 18 heavy (non-hydrogen) atoms. The molecule has 0 saturated carbocycles. The fraction of sp³-hybridized carbons (Fsp3) is 0.500. The van der Waals surface area contributed by atoms with Crippen LogP contribution in [0.4, 0.5) is 18.9 Å². The predicted octanol–water partition coefficient (Wildman–Crippen LogP) is 4.20. The van der Waals surface area contributed by atoms with Gasteiger partial charge in [-0.15, -0.1) is 0 Å². The van der Waals surface area contributed by atoms with Crippen LogP contribution in [0.3, 0.4) is 0 Å². The smallest absolute Gasteiger partial charge is 0.383 e. The lowest BCUT2D eigenvalue weighted by Gasteiger charge is -2.12. The van der Waals surface area contributed by atoms with Crippen molar-refractivity contribution in [3.05, 3.63) is 28.8 Å². The Kier molecular flexibility index (Phi) is 5.28. The van der Waals surface area contributed by atoms with E-state index in [2.05, 4.69) is 5.32 Å². The molecule has 102 valence electrons. The second-order valence-electron chi connectivity index (χ2n) is 4.07. The van der Waals surface area contributed by atoms with Gasteiger partial charge in [0.15, 0.2) is 0 Å². The minimum absolute atomic E-state index is 0.0529. The van der Waals surface area contributed by atoms with Crippen LogP contribution in [0.2, 0.25) is 5.02 Å². The van der Waals surface area contributed by atoms with Crippen molar-refractivity contribution in [1.29, 1.82) is 0 Å². The third-order valence-corrected chi connectivity index (χ3v) is 2.33. The third-order valence-electron chi connectivity index (χ3n) is 2.11. The fourth-order valence-corrected chi connectivity index (χ4v) is 1.58. The molecule has 0 aromatic heterocycles. The molecule has 0 unspecified atom stereocenters. The normalized spacial score (nSPS) is 11.9. The molecule has 0 amide bonds. The highest BCUT2D eigenvalue weighted by molar-refractivity contribution is 6.30. The van der Waals surface area contributed by atoms with Crippen LogP contribution in [-0.2, 0) is 10.9 Å². The van der Waals surface area contributed by atoms with Crippen LogP contribution in [-0.4, -0.2) is 19.3 Å². The van der Waals surface area contributed by atoms with E-state index in [0.717, 1.165) is 12.1 Å². The van der Waals surface area contributed by atoms with Crippen LogP contribution in [0, 0.1) is 0 Å². The molecule has 6 heteroatoms. The van der Waals surface area contributed by atoms with E-state index in [4.69, 9.17) is 16.3 Å². The second-order valence-corrected chi connectivity index (χ2v) is 4.51. The van der Waals surface area contributed by atoms with Crippen molar-refractivity contribution in [2.24, 2.45) is 0 Å². The number of anilines is 1. The highest BCUT2D eigenvalue weighted by Gasteiger charge is 2.31. The lowest BCUT2D eigenvalue weighted by Crippen LogP contribution is -2.14. The molecule has 0 aliphatic heterocycles. The summed E-state index contributed by atoms with van der Waals surface area (Å²) in [6.07, 6.45) is -4.30. The van der Waals surface area contributed by atoms with Gasteiger partial charge in [0.05, 0.1) is 18.3 Å². The van der Waals surface area contributed by atoms with E-state index in [9.17, 15) is 13.2 Å². The molecule has 0 heterocycles. The Morgan fingerprint density at radius 3 is 2.50 bits per heavy atom. The Bertz CT molecular complexity index is 393. The molecule has 0 spiro atoms. The molecule has 1 N–H and O–H groups in total. The molecule has 2 nitrogen and oxygen atoms in total. The number of benzene rings is 1. The van der Waals surface area contributed by atoms with E-state index in [1.54, 1.807) is 0 Å². The topological polar surface area (TPSA) is 21.3 Å². The number of hydrogen-bond acceptors (Lipinski definition) is 2. The van der Waals surface area contributed by atoms with Gasteiger partial charge in [-0.25, -0.2) is 0 Å². The molecule has 0 atom stereocenters. The van der Waals surface area contributed by atoms with Gasteiger partial charge in [0.1, 0.15) is 0 Å². The summed E-state index contributed by atoms with van der Waals surface area (Å²) in [4.78, 5) is 0. The summed E-state index contributed by atoms with van der Waals surface area (Å²) in [7, 11) is 0. The first-order valence-electron chi connectivity index (χ1n) is 5.52. The van der Waals surface area contributed by atoms with E-state index in [1.165, 1.54) is 6.07 Å². The van der Waals surface area contributed by atoms with Crippen molar-refractivity contribution >= 4 is 17.3 Å². The molecule has 1 aromatic carbocycles. The number of alkyl halides is 3. The number of ether oxygens (including phenoxy) is 1. The highest BCUT2D eigenvalue weighted by atomic mass is 35.5. The molecule has 0 radical (unpaired) electrons. The lowest BCUT2D eigenvalue weighted by atomic mass is 10.2. The fourth-order valence-electron chi connectivity index (χ4n) is 1.35. The summed E-state index contributed by atoms with van der Waals surface area (Å²) in [5, 5.41) is 2.90. The van der Waals surface area contributed by atoms with Crippen LogP contribution >= 0.6 is 11.6 Å². The maximum absolute atomic E-state index is 12.5. The summed E-state index contributed by atoms with van der Waals surface area (Å²) in [5.41, 5.74) is -0.426. The first-order valence-corrected chi connectivity index (χ1v) is 5.90. The SMILES string of the molecule is CC(C)OCCNc1cc(Cl)cc(C(F)(F)F)c1. The van der Waals surface area contributed by atoms with E-state index >= 15 is 0 Å². The van der Waals surface area contributed by atoms with Gasteiger partial charge in [-0.2, -0.15) is 13.2 Å². The Morgan fingerprint density at radius 1 is 1.28 bits per heavy atom. The zero-order chi connectivity index (χ0) is 13.8. The largest absolute Gasteiger partial charge is 0.416 e. The summed E-state index contributed by atoms with van der Waals surface area (Å²) >= 11 is 5.65. The van der Waals surface area contributed by atoms with Gasteiger partial charge in [0, 0.05) is 17.3 Å². The number of hydrogen-bond donors (Lipinski definition) is 1. The maximum Gasteiger partial charge on any atom is 0.416 e. The molecular formula is C12H15ClF3NO. The molecule has 0 aliphatic carbocycles. The van der Waals surface area contributed by atoms with Crippen molar-refractivity contribution in [3.8, 4) is 0 Å². The minimum atomic E-state index is -4.39. The molecule has 1 aromatic rings. The van der Waals surface area contributed by atoms with Crippen LogP contribution in [0.15, 0.2) is 18.2 Å². The van der Waals surface area contributed by atoms with Crippen LogP contribution < -0.4 is 5.32 Å². The Balaban J connectivity index is 2.63. The van der Waals surface area contributed by atoms with E-state index in [-0.39, 0.29) is 11.1 Å². The predicted molar refractivity (Wildman–Crippen MR) is 66.0 cm³/mol. The van der Waals surface area contributed by atoms with Gasteiger partial charge in [-0.3, -0.25) is 0 Å². The van der Waals surface area contributed by atoms with Crippen molar-refractivity contribution in [3.63, 3.8) is 0 Å². The average molecular weight is 282 g/mol. The molecule has 0 aliphatic rings. The third kappa shape index (κ3) is 5.14. The first-order chi connectivity index (χ1) is 8.29. The Morgan fingerprint density at radius 2 is 1.94 bits per heavy atom. The molecule has 0 saturated heterocycles. The summed E-state index contributed by atoms with van der Waals surface area (Å²) in [6.45, 7) is 4.63. The van der Waals surface area contributed by atoms with Crippen molar-refractivity contribution in [2.75, 3.05) is 18.5 Å². The maximum atomic E-state index is 12.5. The quantitative estimate of drug-likeness (QED) is 0.817. The van der Waals surface area contributed by atoms with Crippen LogP contribution in [0.5, 0.6) is 0 Å². The van der Waals surface area contributed by atoms with Gasteiger partial charge in [0.2, 0.25) is 0 Å². The van der Waals surface area contributed by atoms with E-state index in [1.807, 2.05) is 13.8 Å². The number of nitrogens with one attached hydrogen (secondary N) is 1. The summed E-state index contributed by atoms with van der Waals surface area (Å²) < 4.78 is 42.9. The Labute approximate surface area is 109 Å². The van der Waals surface area contributed by atoms with Crippen molar-refractivity contribution < 1.29 is 17.9 Å². The van der Waals surface area contributed by atoms with E-state index in [0.29, 0.717) is 18.8 Å². The van der Waals surface area contributed by atoms with Gasteiger partial charge < -0.3 is 10.1 Å². The standard InChI is InChI=1S/C12H15ClF3NO/c1-8(2)18-4-3-17-11-6-9(12(14,15)16)5-10(13)7-11/h5-8,17H,3-4H2,1-2H3. The van der Waals surface area contributed by atoms with E-state index < -0.39 is 11.7 Å². The monoisotopic (exact) mass is 281 g/mol. The Hall–Kier alpha value is -0.940. The molecule has 0 fully saturated rings. The van der Waals surface area contributed by atoms with Gasteiger partial charge in [-0.05, 0) is 32.0 Å². The zero-order valence-electron chi connectivity index (χ0n) is 10.1.